The Balaban J connectivity index is 1.54. The number of nitrogens with zero attached hydrogens (tertiary/aromatic N) is 2. The van der Waals surface area contributed by atoms with Crippen LogP contribution in [0.3, 0.4) is 0 Å². The number of hydrogen-bond acceptors (Lipinski definition) is 7. The second-order valence-electron chi connectivity index (χ2n) is 6.25. The minimum atomic E-state index is -0.957. The van der Waals surface area contributed by atoms with Crippen molar-refractivity contribution in [3.05, 3.63) is 23.2 Å². The van der Waals surface area contributed by atoms with E-state index < -0.39 is 5.97 Å². The quantitative estimate of drug-likeness (QED) is 0.557. The van der Waals surface area contributed by atoms with Crippen molar-refractivity contribution in [2.24, 2.45) is 5.92 Å². The van der Waals surface area contributed by atoms with Gasteiger partial charge < -0.3 is 19.5 Å². The fraction of sp³-hybridized carbons (Fsp3) is 0.500. The van der Waals surface area contributed by atoms with Crippen molar-refractivity contribution >= 4 is 33.3 Å². The Bertz CT molecular complexity index is 783. The molecular formula is C18H22N2O5S. The molecule has 7 nitrogen and oxygen atoms in total. The molecule has 1 fully saturated rings. The molecule has 1 saturated heterocycles. The fourth-order valence-electron chi connectivity index (χ4n) is 3.14. The number of aliphatic carboxylic acids is 1. The standard InChI is InChI=1S/C18H22N2O5S/c1-24-13-3-2-4-14-16(13)19-18(26-14)17(23)12-5-7-20(8-6-12)9-10-25-11-15(21)22/h2-4,12H,5-11H2,1H3,(H,21,22). The minimum absolute atomic E-state index is 0.0160. The summed E-state index contributed by atoms with van der Waals surface area (Å²) in [5, 5.41) is 9.10. The van der Waals surface area contributed by atoms with E-state index in [2.05, 4.69) is 9.88 Å². The van der Waals surface area contributed by atoms with Crippen molar-refractivity contribution in [3.63, 3.8) is 0 Å². The van der Waals surface area contributed by atoms with Gasteiger partial charge in [0.05, 0.1) is 18.4 Å². The van der Waals surface area contributed by atoms with Crippen LogP contribution in [0.25, 0.3) is 10.2 Å². The topological polar surface area (TPSA) is 89.0 Å². The summed E-state index contributed by atoms with van der Waals surface area (Å²) >= 11 is 1.42. The third kappa shape index (κ3) is 4.38. The fourth-order valence-corrected chi connectivity index (χ4v) is 4.14. The second-order valence-corrected chi connectivity index (χ2v) is 7.28. The van der Waals surface area contributed by atoms with Gasteiger partial charge in [0.1, 0.15) is 17.9 Å². The first-order chi connectivity index (χ1) is 12.6. The highest BCUT2D eigenvalue weighted by Gasteiger charge is 2.28. The van der Waals surface area contributed by atoms with Gasteiger partial charge in [0.15, 0.2) is 10.8 Å². The van der Waals surface area contributed by atoms with Crippen molar-refractivity contribution in [1.82, 2.24) is 9.88 Å². The monoisotopic (exact) mass is 378 g/mol. The lowest BCUT2D eigenvalue weighted by Gasteiger charge is -2.30. The number of carboxylic acids is 1. The van der Waals surface area contributed by atoms with E-state index in [4.69, 9.17) is 14.6 Å². The molecule has 1 aromatic carbocycles. The van der Waals surface area contributed by atoms with Crippen LogP contribution in [0.4, 0.5) is 0 Å². The number of piperidine rings is 1. The first-order valence-corrected chi connectivity index (χ1v) is 9.39. The molecule has 1 aliphatic rings. The van der Waals surface area contributed by atoms with E-state index in [1.807, 2.05) is 18.2 Å². The van der Waals surface area contributed by atoms with E-state index in [0.717, 1.165) is 36.1 Å². The number of carbonyl (C=O) groups is 2. The SMILES string of the molecule is COc1cccc2sc(C(=O)C3CCN(CCOCC(=O)O)CC3)nc12. The molecule has 0 spiro atoms. The van der Waals surface area contributed by atoms with E-state index in [1.165, 1.54) is 11.3 Å². The van der Waals surface area contributed by atoms with Crippen LogP contribution in [0.1, 0.15) is 22.6 Å². The molecule has 0 radical (unpaired) electrons. The number of fused-ring (bicyclic) bond motifs is 1. The van der Waals surface area contributed by atoms with Crippen LogP contribution < -0.4 is 4.74 Å². The highest BCUT2D eigenvalue weighted by atomic mass is 32.1. The summed E-state index contributed by atoms with van der Waals surface area (Å²) in [6, 6.07) is 5.70. The normalized spacial score (nSPS) is 16.0. The zero-order valence-corrected chi connectivity index (χ0v) is 15.5. The van der Waals surface area contributed by atoms with Crippen LogP contribution in [0.5, 0.6) is 5.75 Å². The number of rotatable bonds is 8. The molecule has 1 aromatic heterocycles. The van der Waals surface area contributed by atoms with Crippen molar-refractivity contribution in [3.8, 4) is 5.75 Å². The molecule has 0 bridgehead atoms. The number of aromatic nitrogens is 1. The van der Waals surface area contributed by atoms with Gasteiger partial charge in [-0.25, -0.2) is 9.78 Å². The Hall–Kier alpha value is -2.03. The summed E-state index contributed by atoms with van der Waals surface area (Å²) in [5.41, 5.74) is 0.747. The highest BCUT2D eigenvalue weighted by molar-refractivity contribution is 7.20. The van der Waals surface area contributed by atoms with Crippen molar-refractivity contribution < 1.29 is 24.2 Å². The number of benzene rings is 1. The molecule has 0 atom stereocenters. The first-order valence-electron chi connectivity index (χ1n) is 8.58. The van der Waals surface area contributed by atoms with Crippen molar-refractivity contribution in [1.29, 1.82) is 0 Å². The molecule has 1 aliphatic heterocycles. The molecular weight excluding hydrogens is 356 g/mol. The van der Waals surface area contributed by atoms with Crippen LogP contribution >= 0.6 is 11.3 Å². The van der Waals surface area contributed by atoms with Gasteiger partial charge in [-0.15, -0.1) is 11.3 Å². The molecule has 0 amide bonds. The second kappa shape index (κ2) is 8.57. The number of carboxylic acid groups (broad SMARTS) is 1. The van der Waals surface area contributed by atoms with Gasteiger partial charge in [-0.2, -0.15) is 0 Å². The van der Waals surface area contributed by atoms with Crippen molar-refractivity contribution in [2.75, 3.05) is 40.0 Å². The van der Waals surface area contributed by atoms with E-state index in [1.54, 1.807) is 7.11 Å². The van der Waals surface area contributed by atoms with Crippen LogP contribution in [0, 0.1) is 5.92 Å². The Morgan fingerprint density at radius 2 is 2.12 bits per heavy atom. The van der Waals surface area contributed by atoms with Crippen LogP contribution in [-0.2, 0) is 9.53 Å². The summed E-state index contributed by atoms with van der Waals surface area (Å²) < 4.78 is 11.3. The average molecular weight is 378 g/mol. The molecule has 140 valence electrons. The number of carbonyl (C=O) groups excluding carboxylic acids is 1. The van der Waals surface area contributed by atoms with Crippen LogP contribution in [0.15, 0.2) is 18.2 Å². The Morgan fingerprint density at radius 3 is 2.81 bits per heavy atom. The smallest absolute Gasteiger partial charge is 0.329 e. The van der Waals surface area contributed by atoms with Gasteiger partial charge in [0.25, 0.3) is 0 Å². The highest BCUT2D eigenvalue weighted by Crippen LogP contribution is 2.32. The lowest BCUT2D eigenvalue weighted by Crippen LogP contribution is -2.38. The number of ether oxygens (including phenoxy) is 2. The molecule has 0 saturated carbocycles. The van der Waals surface area contributed by atoms with Gasteiger partial charge in [-0.1, -0.05) is 6.07 Å². The number of hydrogen-bond donors (Lipinski definition) is 1. The summed E-state index contributed by atoms with van der Waals surface area (Å²) in [4.78, 5) is 29.9. The van der Waals surface area contributed by atoms with Crippen molar-refractivity contribution in [2.45, 2.75) is 12.8 Å². The molecule has 2 aromatic rings. The Morgan fingerprint density at radius 1 is 1.35 bits per heavy atom. The summed E-state index contributed by atoms with van der Waals surface area (Å²) in [6.45, 7) is 2.42. The number of ketones is 1. The van der Waals surface area contributed by atoms with E-state index in [-0.39, 0.29) is 18.3 Å². The maximum absolute atomic E-state index is 12.8. The molecule has 26 heavy (non-hydrogen) atoms. The maximum Gasteiger partial charge on any atom is 0.329 e. The van der Waals surface area contributed by atoms with Gasteiger partial charge >= 0.3 is 5.97 Å². The number of Topliss-reactive ketones (excluding diaryl/α,β-unsaturated/α-hetero) is 1. The zero-order chi connectivity index (χ0) is 18.5. The zero-order valence-electron chi connectivity index (χ0n) is 14.6. The lowest BCUT2D eigenvalue weighted by atomic mass is 9.93. The lowest BCUT2D eigenvalue weighted by molar-refractivity contribution is -0.142. The van der Waals surface area contributed by atoms with E-state index >= 15 is 0 Å². The number of likely N-dealkylation sites (tertiary alicyclic amines) is 1. The van der Waals surface area contributed by atoms with Crippen LogP contribution in [0.2, 0.25) is 0 Å². The molecule has 3 rings (SSSR count). The van der Waals surface area contributed by atoms with Gasteiger partial charge in [-0.3, -0.25) is 4.79 Å². The Kier molecular flexibility index (Phi) is 6.18. The summed E-state index contributed by atoms with van der Waals surface area (Å²) in [5.74, 6) is -0.177. The molecule has 0 unspecified atom stereocenters. The molecule has 8 heteroatoms. The molecule has 1 N–H and O–H groups in total. The van der Waals surface area contributed by atoms with Gasteiger partial charge in [0.2, 0.25) is 0 Å². The predicted octanol–water partition coefficient (Wildman–Crippen LogP) is 2.30. The predicted molar refractivity (Wildman–Crippen MR) is 98.1 cm³/mol. The first kappa shape index (κ1) is 18.8. The molecule has 0 aliphatic carbocycles. The Labute approximate surface area is 155 Å². The largest absolute Gasteiger partial charge is 0.494 e. The third-order valence-electron chi connectivity index (χ3n) is 4.55. The van der Waals surface area contributed by atoms with E-state index in [0.29, 0.717) is 23.9 Å². The van der Waals surface area contributed by atoms with Crippen LogP contribution in [-0.4, -0.2) is 66.7 Å². The average Bonchev–Trinajstić information content (AvgIpc) is 3.09. The minimum Gasteiger partial charge on any atom is -0.494 e. The van der Waals surface area contributed by atoms with Gasteiger partial charge in [0, 0.05) is 12.5 Å². The maximum atomic E-state index is 12.8. The number of para-hydroxylation sites is 1. The number of methoxy groups -OCH3 is 1. The molecule has 2 heterocycles. The van der Waals surface area contributed by atoms with E-state index in [9.17, 15) is 9.59 Å². The number of thiazole rings is 1. The summed E-state index contributed by atoms with van der Waals surface area (Å²) in [7, 11) is 1.60. The third-order valence-corrected chi connectivity index (χ3v) is 5.58. The van der Waals surface area contributed by atoms with Gasteiger partial charge in [-0.05, 0) is 38.1 Å². The summed E-state index contributed by atoms with van der Waals surface area (Å²) in [6.07, 6.45) is 1.57.